The Labute approximate surface area is 168 Å². The Morgan fingerprint density at radius 3 is 2.57 bits per heavy atom. The summed E-state index contributed by atoms with van der Waals surface area (Å²) in [5.41, 5.74) is 0.838. The molecule has 1 atom stereocenters. The van der Waals surface area contributed by atoms with E-state index in [1.54, 1.807) is 24.3 Å². The van der Waals surface area contributed by atoms with Crippen LogP contribution in [0.3, 0.4) is 0 Å². The third-order valence-corrected chi connectivity index (χ3v) is 4.90. The summed E-state index contributed by atoms with van der Waals surface area (Å²) in [7, 11) is 0. The molecule has 2 aromatic rings. The summed E-state index contributed by atoms with van der Waals surface area (Å²) in [4.78, 5) is 18.6. The van der Waals surface area contributed by atoms with Gasteiger partial charge in [-0.3, -0.25) is 4.99 Å². The first-order valence-corrected chi connectivity index (χ1v) is 9.40. The van der Waals surface area contributed by atoms with Crippen molar-refractivity contribution in [3.8, 4) is 5.75 Å². The number of urea groups is 1. The summed E-state index contributed by atoms with van der Waals surface area (Å²) in [5, 5.41) is 3.82. The number of anilines is 2. The highest BCUT2D eigenvalue weighted by atomic mass is 35.5. The first-order valence-electron chi connectivity index (χ1n) is 8.15. The molecule has 3 rings (SSSR count). The van der Waals surface area contributed by atoms with Gasteiger partial charge in [0.05, 0.1) is 12.2 Å². The fraction of sp³-hybridized carbons (Fsp3) is 0.222. The number of amidine groups is 1. The van der Waals surface area contributed by atoms with E-state index >= 15 is 0 Å². The van der Waals surface area contributed by atoms with Gasteiger partial charge in [-0.1, -0.05) is 36.4 Å². The van der Waals surface area contributed by atoms with E-state index in [2.05, 4.69) is 15.0 Å². The average Bonchev–Trinajstić information content (AvgIpc) is 3.01. The monoisotopic (exact) mass is 429 g/mol. The number of benzene rings is 2. The fourth-order valence-corrected chi connectivity index (χ4v) is 3.58. The molecule has 10 heteroatoms. The van der Waals surface area contributed by atoms with Crippen LogP contribution in [0.15, 0.2) is 53.5 Å². The molecular weight excluding hydrogens is 415 g/mol. The second kappa shape index (κ2) is 8.32. The maximum absolute atomic E-state index is 12.9. The number of ether oxygens (including phenoxy) is 1. The number of amides is 2. The second-order valence-corrected chi connectivity index (χ2v) is 7.71. The molecule has 148 valence electrons. The summed E-state index contributed by atoms with van der Waals surface area (Å²) >= 11 is 7.35. The normalized spacial score (nSPS) is 16.5. The predicted octanol–water partition coefficient (Wildman–Crippen LogP) is 5.77. The van der Waals surface area contributed by atoms with Crippen LogP contribution in [0.4, 0.5) is 29.3 Å². The Hall–Kier alpha value is -2.39. The minimum atomic E-state index is -4.79. The Morgan fingerprint density at radius 2 is 2.00 bits per heavy atom. The number of nitrogens with zero attached hydrogens (tertiary/aromatic N) is 2. The summed E-state index contributed by atoms with van der Waals surface area (Å²) < 4.78 is 41.0. The topological polar surface area (TPSA) is 53.9 Å². The first-order chi connectivity index (χ1) is 13.2. The lowest BCUT2D eigenvalue weighted by Crippen LogP contribution is -2.38. The molecule has 2 amide bonds. The van der Waals surface area contributed by atoms with Gasteiger partial charge in [0.2, 0.25) is 0 Å². The molecule has 2 aromatic carbocycles. The van der Waals surface area contributed by atoms with Gasteiger partial charge in [-0.2, -0.15) is 0 Å². The molecule has 1 heterocycles. The maximum Gasteiger partial charge on any atom is 0.573 e. The van der Waals surface area contributed by atoms with Crippen molar-refractivity contribution in [2.75, 3.05) is 16.8 Å². The molecular formula is C18H15ClF3N3O2S. The number of aliphatic imine (C=N–C) groups is 1. The molecule has 5 nitrogen and oxygen atoms in total. The number of carbonyl (C=O) groups excluding carboxylic acids is 1. The number of hydrogen-bond acceptors (Lipinski definition) is 4. The Morgan fingerprint density at radius 1 is 1.29 bits per heavy atom. The van der Waals surface area contributed by atoms with Gasteiger partial charge < -0.3 is 10.1 Å². The van der Waals surface area contributed by atoms with Crippen molar-refractivity contribution in [3.63, 3.8) is 0 Å². The number of hydrogen-bond donors (Lipinski definition) is 1. The number of rotatable bonds is 3. The summed E-state index contributed by atoms with van der Waals surface area (Å²) in [6, 6.07) is 11.1. The zero-order valence-corrected chi connectivity index (χ0v) is 16.1. The molecule has 0 unspecified atom stereocenters. The van der Waals surface area contributed by atoms with Gasteiger partial charge in [0.15, 0.2) is 5.17 Å². The van der Waals surface area contributed by atoms with E-state index in [1.807, 2.05) is 6.92 Å². The van der Waals surface area contributed by atoms with Gasteiger partial charge >= 0.3 is 12.4 Å². The molecule has 0 aromatic heterocycles. The van der Waals surface area contributed by atoms with Crippen LogP contribution in [0.25, 0.3) is 0 Å². The van der Waals surface area contributed by atoms with E-state index in [9.17, 15) is 18.0 Å². The van der Waals surface area contributed by atoms with E-state index < -0.39 is 12.4 Å². The van der Waals surface area contributed by atoms with Crippen LogP contribution in [0.5, 0.6) is 5.75 Å². The average molecular weight is 430 g/mol. The number of carbonyl (C=O) groups is 1. The minimum Gasteiger partial charge on any atom is -0.406 e. The third kappa shape index (κ3) is 5.32. The van der Waals surface area contributed by atoms with E-state index in [-0.39, 0.29) is 11.0 Å². The van der Waals surface area contributed by atoms with E-state index in [0.29, 0.717) is 28.1 Å². The van der Waals surface area contributed by atoms with Gasteiger partial charge in [-0.15, -0.1) is 13.2 Å². The van der Waals surface area contributed by atoms with E-state index in [4.69, 9.17) is 11.6 Å². The van der Waals surface area contributed by atoms with Gasteiger partial charge in [-0.05, 0) is 42.5 Å². The van der Waals surface area contributed by atoms with Crippen LogP contribution in [0.1, 0.15) is 6.92 Å². The molecule has 0 spiro atoms. The van der Waals surface area contributed by atoms with Crippen molar-refractivity contribution < 1.29 is 22.7 Å². The van der Waals surface area contributed by atoms with Crippen molar-refractivity contribution in [3.05, 3.63) is 53.6 Å². The molecule has 1 N–H and O–H groups in total. The standard InChI is InChI=1S/C18H15ClF3N3O2S/c1-11-10-23-17(28-11)25(16(26)24-13-4-2-3-12(19)9-13)14-5-7-15(8-6-14)27-18(20,21)22/h2-9,11H,10H2,1H3,(H,24,26)/t11-/m1/s1. The molecule has 0 fully saturated rings. The smallest absolute Gasteiger partial charge is 0.406 e. The highest BCUT2D eigenvalue weighted by Gasteiger charge is 2.32. The minimum absolute atomic E-state index is 0.185. The van der Waals surface area contributed by atoms with Crippen molar-refractivity contribution in [2.45, 2.75) is 18.5 Å². The fourth-order valence-electron chi connectivity index (χ4n) is 2.44. The lowest BCUT2D eigenvalue weighted by molar-refractivity contribution is -0.274. The highest BCUT2D eigenvalue weighted by molar-refractivity contribution is 8.15. The summed E-state index contributed by atoms with van der Waals surface area (Å²) in [5.74, 6) is -0.374. The van der Waals surface area contributed by atoms with Crippen molar-refractivity contribution in [1.29, 1.82) is 0 Å². The van der Waals surface area contributed by atoms with Crippen LogP contribution in [-0.2, 0) is 0 Å². The Kier molecular flexibility index (Phi) is 6.04. The lowest BCUT2D eigenvalue weighted by Gasteiger charge is -2.23. The van der Waals surface area contributed by atoms with E-state index in [1.165, 1.54) is 28.8 Å². The summed E-state index contributed by atoms with van der Waals surface area (Å²) in [6.07, 6.45) is -4.79. The van der Waals surface area contributed by atoms with Gasteiger partial charge in [-0.25, -0.2) is 9.69 Å². The van der Waals surface area contributed by atoms with Crippen LogP contribution in [0, 0.1) is 0 Å². The molecule has 0 bridgehead atoms. The maximum atomic E-state index is 12.9. The molecule has 1 aliphatic rings. The number of thioether (sulfide) groups is 1. The van der Waals surface area contributed by atoms with Crippen LogP contribution >= 0.6 is 23.4 Å². The Bertz CT molecular complexity index is 890. The Balaban J connectivity index is 1.86. The molecule has 0 saturated carbocycles. The predicted molar refractivity (Wildman–Crippen MR) is 105 cm³/mol. The first kappa shape index (κ1) is 20.3. The van der Waals surface area contributed by atoms with Gasteiger partial charge in [0, 0.05) is 16.0 Å². The zero-order valence-electron chi connectivity index (χ0n) is 14.5. The van der Waals surface area contributed by atoms with Gasteiger partial charge in [0.25, 0.3) is 0 Å². The molecule has 0 aliphatic carbocycles. The quantitative estimate of drug-likeness (QED) is 0.674. The van der Waals surface area contributed by atoms with Gasteiger partial charge in [0.1, 0.15) is 5.75 Å². The molecule has 0 radical (unpaired) electrons. The molecule has 28 heavy (non-hydrogen) atoms. The summed E-state index contributed by atoms with van der Waals surface area (Å²) in [6.45, 7) is 2.50. The number of alkyl halides is 3. The molecule has 0 saturated heterocycles. The molecule has 1 aliphatic heterocycles. The largest absolute Gasteiger partial charge is 0.573 e. The number of nitrogens with one attached hydrogen (secondary N) is 1. The van der Waals surface area contributed by atoms with Crippen molar-refractivity contribution in [2.24, 2.45) is 4.99 Å². The van der Waals surface area contributed by atoms with Crippen molar-refractivity contribution >= 4 is 45.9 Å². The lowest BCUT2D eigenvalue weighted by atomic mass is 10.3. The van der Waals surface area contributed by atoms with Crippen molar-refractivity contribution in [1.82, 2.24) is 0 Å². The van der Waals surface area contributed by atoms with E-state index in [0.717, 1.165) is 12.1 Å². The van der Waals surface area contributed by atoms with Crippen LogP contribution < -0.4 is 15.0 Å². The highest BCUT2D eigenvalue weighted by Crippen LogP contribution is 2.30. The third-order valence-electron chi connectivity index (χ3n) is 3.59. The number of halogens is 4. The SMILES string of the molecule is C[C@@H]1CN=C(N(C(=O)Nc2cccc(Cl)c2)c2ccc(OC(F)(F)F)cc2)S1. The van der Waals surface area contributed by atoms with Crippen LogP contribution in [0.2, 0.25) is 5.02 Å². The van der Waals surface area contributed by atoms with Crippen LogP contribution in [-0.4, -0.2) is 29.4 Å². The second-order valence-electron chi connectivity index (χ2n) is 5.87. The zero-order chi connectivity index (χ0) is 20.3.